The van der Waals surface area contributed by atoms with Gasteiger partial charge in [-0.25, -0.2) is 10.2 Å². The fourth-order valence-corrected chi connectivity index (χ4v) is 6.14. The highest BCUT2D eigenvalue weighted by Crippen LogP contribution is 2.51. The van der Waals surface area contributed by atoms with Crippen LogP contribution >= 0.6 is 0 Å². The van der Waals surface area contributed by atoms with Crippen LogP contribution in [0.3, 0.4) is 0 Å². The zero-order valence-corrected chi connectivity index (χ0v) is 20.3. The first kappa shape index (κ1) is 26.1. The first-order valence-corrected chi connectivity index (χ1v) is 11.5. The van der Waals surface area contributed by atoms with Gasteiger partial charge in [0.2, 0.25) is 5.91 Å². The number of hydrogen-bond donors (Lipinski definition) is 5. The summed E-state index contributed by atoms with van der Waals surface area (Å²) >= 11 is 0. The second-order valence-corrected chi connectivity index (χ2v) is 9.95. The van der Waals surface area contributed by atoms with Gasteiger partial charge in [0.05, 0.1) is 23.2 Å². The van der Waals surface area contributed by atoms with Gasteiger partial charge in [-0.2, -0.15) is 5.10 Å². The normalized spacial score (nSPS) is 31.5. The summed E-state index contributed by atoms with van der Waals surface area (Å²) in [7, 11) is 3.02. The number of Topliss-reactive ketones (excluding diaryl/α,β-unsaturated/α-hetero) is 4. The van der Waals surface area contributed by atoms with Gasteiger partial charge in [0, 0.05) is 11.5 Å². The molecule has 6 atom stereocenters. The van der Waals surface area contributed by atoms with Gasteiger partial charge < -0.3 is 21.7 Å². The van der Waals surface area contributed by atoms with Gasteiger partial charge in [-0.05, 0) is 57.5 Å². The lowest BCUT2D eigenvalue weighted by Crippen LogP contribution is -2.74. The molecule has 0 bridgehead atoms. The van der Waals surface area contributed by atoms with Crippen molar-refractivity contribution in [3.8, 4) is 5.75 Å². The highest BCUT2D eigenvalue weighted by molar-refractivity contribution is 6.32. The molecule has 0 spiro atoms. The predicted molar refractivity (Wildman–Crippen MR) is 126 cm³/mol. The van der Waals surface area contributed by atoms with Gasteiger partial charge in [0.25, 0.3) is 0 Å². The lowest BCUT2D eigenvalue weighted by atomic mass is 9.52. The Bertz CT molecular complexity index is 1300. The Kier molecular flexibility index (Phi) is 6.24. The maximum absolute atomic E-state index is 13.8. The lowest BCUT2D eigenvalue weighted by Gasteiger charge is -2.52. The van der Waals surface area contributed by atoms with E-state index >= 15 is 0 Å². The predicted octanol–water partition coefficient (Wildman–Crippen LogP) is -1.74. The number of likely N-dealkylation sites (N-methyl/N-ethyl adjacent to an activating group) is 1. The van der Waals surface area contributed by atoms with Crippen LogP contribution in [0.2, 0.25) is 0 Å². The summed E-state index contributed by atoms with van der Waals surface area (Å²) in [6.45, 7) is 1.55. The number of aliphatic hydroxyl groups is 1. The molecule has 7 N–H and O–H groups in total. The van der Waals surface area contributed by atoms with Gasteiger partial charge in [-0.15, -0.1) is 0 Å². The van der Waals surface area contributed by atoms with E-state index in [9.17, 15) is 39.0 Å². The van der Waals surface area contributed by atoms with Crippen molar-refractivity contribution < 1.29 is 39.0 Å². The maximum atomic E-state index is 13.8. The number of hydrazone groups is 1. The standard InChI is InChI=1S/C24H27N5O8/c1-8(27-28-23(26)36)10-4-5-13(30)15-11(10)6-9-7-12-17(29(2)3)19(32)16(22(25)35)21(34)24(12,37)20(33)14(9)18(15)31/h4-5,9,12,14,16-17,30,37H,6-7H2,1-3H3,(H2,25,35)(H3,26,28,36)/b27-8+/t9-,12-,14?,16?,17?,24-/m0/s1. The van der Waals surface area contributed by atoms with E-state index in [1.807, 2.05) is 0 Å². The Morgan fingerprint density at radius 1 is 1.14 bits per heavy atom. The molecule has 0 aromatic heterocycles. The number of rotatable bonds is 4. The Morgan fingerprint density at radius 2 is 1.78 bits per heavy atom. The summed E-state index contributed by atoms with van der Waals surface area (Å²) in [5.74, 6) is -11.3. The molecular weight excluding hydrogens is 486 g/mol. The van der Waals surface area contributed by atoms with E-state index in [0.29, 0.717) is 11.1 Å². The Hall–Kier alpha value is -3.97. The van der Waals surface area contributed by atoms with Crippen molar-refractivity contribution >= 4 is 40.8 Å². The van der Waals surface area contributed by atoms with Crippen LogP contribution in [0.15, 0.2) is 17.2 Å². The molecule has 3 aliphatic rings. The second-order valence-electron chi connectivity index (χ2n) is 9.95. The summed E-state index contributed by atoms with van der Waals surface area (Å²) in [4.78, 5) is 78.3. The van der Waals surface area contributed by atoms with E-state index < -0.39 is 76.1 Å². The van der Waals surface area contributed by atoms with Crippen molar-refractivity contribution in [2.45, 2.75) is 31.4 Å². The van der Waals surface area contributed by atoms with Gasteiger partial charge in [0.15, 0.2) is 34.7 Å². The molecular formula is C24H27N5O8. The molecule has 196 valence electrons. The number of carbonyl (C=O) groups is 6. The molecule has 0 aliphatic heterocycles. The SMILES string of the molecule is C/C(=N\NC(N)=O)c1ccc(O)c2c1C[C@H]1C[C@H]3C(N(C)C)C(=O)C(C(N)=O)C(=O)[C@@]3(O)C(=O)C1C2=O. The third kappa shape index (κ3) is 3.73. The number of aromatic hydroxyl groups is 1. The van der Waals surface area contributed by atoms with Crippen LogP contribution in [0, 0.1) is 23.7 Å². The molecule has 13 heteroatoms. The molecule has 0 radical (unpaired) electrons. The van der Waals surface area contributed by atoms with Crippen molar-refractivity contribution in [1.29, 1.82) is 0 Å². The molecule has 13 nitrogen and oxygen atoms in total. The molecule has 3 unspecified atom stereocenters. The van der Waals surface area contributed by atoms with Crippen LogP contribution in [0.4, 0.5) is 4.79 Å². The summed E-state index contributed by atoms with van der Waals surface area (Å²) in [6.07, 6.45) is -0.00623. The average molecular weight is 514 g/mol. The zero-order chi connectivity index (χ0) is 27.6. The Morgan fingerprint density at radius 3 is 2.35 bits per heavy atom. The summed E-state index contributed by atoms with van der Waals surface area (Å²) in [5, 5.41) is 26.0. The van der Waals surface area contributed by atoms with Gasteiger partial charge >= 0.3 is 6.03 Å². The van der Waals surface area contributed by atoms with Gasteiger partial charge in [0.1, 0.15) is 5.75 Å². The molecule has 0 heterocycles. The quantitative estimate of drug-likeness (QED) is 0.175. The molecule has 0 saturated heterocycles. The van der Waals surface area contributed by atoms with Crippen LogP contribution in [0.25, 0.3) is 0 Å². The number of hydrogen-bond acceptors (Lipinski definition) is 10. The number of carbonyl (C=O) groups excluding carboxylic acids is 6. The maximum Gasteiger partial charge on any atom is 0.332 e. The third-order valence-electron chi connectivity index (χ3n) is 7.67. The van der Waals surface area contributed by atoms with E-state index in [0.717, 1.165) is 0 Å². The second kappa shape index (κ2) is 8.85. The molecule has 1 aromatic carbocycles. The van der Waals surface area contributed by atoms with E-state index in [1.165, 1.54) is 31.1 Å². The van der Waals surface area contributed by atoms with Crippen LogP contribution in [0.5, 0.6) is 5.75 Å². The number of primary amides is 2. The summed E-state index contributed by atoms with van der Waals surface area (Å²) < 4.78 is 0. The van der Waals surface area contributed by atoms with Crippen molar-refractivity contribution in [2.75, 3.05) is 14.1 Å². The number of urea groups is 1. The van der Waals surface area contributed by atoms with Crippen LogP contribution < -0.4 is 16.9 Å². The molecule has 2 saturated carbocycles. The lowest BCUT2D eigenvalue weighted by molar-refractivity contribution is -0.181. The number of nitrogens with two attached hydrogens (primary N) is 2. The van der Waals surface area contributed by atoms with E-state index in [1.54, 1.807) is 6.92 Å². The molecule has 4 rings (SSSR count). The number of fused-ring (bicyclic) bond motifs is 3. The van der Waals surface area contributed by atoms with E-state index in [-0.39, 0.29) is 24.1 Å². The monoisotopic (exact) mass is 513 g/mol. The van der Waals surface area contributed by atoms with Gasteiger partial charge in [-0.3, -0.25) is 28.9 Å². The number of phenols is 1. The average Bonchev–Trinajstić information content (AvgIpc) is 2.79. The van der Waals surface area contributed by atoms with Crippen LogP contribution in [0.1, 0.15) is 34.8 Å². The number of nitrogens with one attached hydrogen (secondary N) is 1. The summed E-state index contributed by atoms with van der Waals surface area (Å²) in [6, 6.07) is 0.637. The minimum Gasteiger partial charge on any atom is -0.507 e. The number of nitrogens with zero attached hydrogens (tertiary/aromatic N) is 2. The first-order chi connectivity index (χ1) is 17.2. The molecule has 37 heavy (non-hydrogen) atoms. The van der Waals surface area contributed by atoms with Crippen molar-refractivity contribution in [1.82, 2.24) is 10.3 Å². The fraction of sp³-hybridized carbons (Fsp3) is 0.458. The van der Waals surface area contributed by atoms with Crippen molar-refractivity contribution in [3.05, 3.63) is 28.8 Å². The van der Waals surface area contributed by atoms with Gasteiger partial charge in [-0.1, -0.05) is 0 Å². The smallest absolute Gasteiger partial charge is 0.332 e. The number of benzene rings is 1. The van der Waals surface area contributed by atoms with Crippen LogP contribution in [-0.2, 0) is 25.6 Å². The minimum absolute atomic E-state index is 0.0685. The highest BCUT2D eigenvalue weighted by Gasteiger charge is 2.69. The first-order valence-electron chi connectivity index (χ1n) is 11.5. The zero-order valence-electron chi connectivity index (χ0n) is 20.3. The number of ketones is 4. The third-order valence-corrected chi connectivity index (χ3v) is 7.67. The topological polar surface area (TPSA) is 223 Å². The summed E-state index contributed by atoms with van der Waals surface area (Å²) in [5.41, 5.74) is 10.6. The van der Waals surface area contributed by atoms with E-state index in [2.05, 4.69) is 10.5 Å². The number of amides is 3. The highest BCUT2D eigenvalue weighted by atomic mass is 16.3. The fourth-order valence-electron chi connectivity index (χ4n) is 6.14. The largest absolute Gasteiger partial charge is 0.507 e. The van der Waals surface area contributed by atoms with Crippen molar-refractivity contribution in [2.24, 2.45) is 40.2 Å². The number of phenolic OH excluding ortho intramolecular Hbond substituents is 1. The Labute approximate surface area is 210 Å². The molecule has 3 aliphatic carbocycles. The Balaban J connectivity index is 1.86. The van der Waals surface area contributed by atoms with Crippen LogP contribution in [-0.4, -0.2) is 81.6 Å². The van der Waals surface area contributed by atoms with E-state index in [4.69, 9.17) is 11.5 Å². The minimum atomic E-state index is -2.78. The molecule has 2 fully saturated rings. The molecule has 1 aromatic rings. The molecule has 3 amide bonds. The van der Waals surface area contributed by atoms with Crippen molar-refractivity contribution in [3.63, 3.8) is 0 Å².